The Bertz CT molecular complexity index is 1540. The summed E-state index contributed by atoms with van der Waals surface area (Å²) in [5, 5.41) is 12.5. The predicted octanol–water partition coefficient (Wildman–Crippen LogP) is 5.85. The van der Waals surface area contributed by atoms with Crippen molar-refractivity contribution < 1.29 is 19.4 Å². The Morgan fingerprint density at radius 2 is 1.44 bits per heavy atom. The highest BCUT2D eigenvalue weighted by molar-refractivity contribution is 5.73. The topological polar surface area (TPSA) is 74.3 Å². The third-order valence-electron chi connectivity index (χ3n) is 8.75. The summed E-state index contributed by atoms with van der Waals surface area (Å²) >= 11 is 0. The molecule has 0 radical (unpaired) electrons. The van der Waals surface area contributed by atoms with E-state index in [-0.39, 0.29) is 24.7 Å². The number of amides is 1. The quantitative estimate of drug-likeness (QED) is 0.237. The van der Waals surface area contributed by atoms with Gasteiger partial charge in [0.05, 0.1) is 18.8 Å². The van der Waals surface area contributed by atoms with Crippen LogP contribution >= 0.6 is 0 Å². The molecular weight excluding hydrogens is 562 g/mol. The Morgan fingerprint density at radius 3 is 2.18 bits per heavy atom. The molecule has 2 heterocycles. The molecule has 2 aliphatic heterocycles. The summed E-state index contributed by atoms with van der Waals surface area (Å²) in [6.45, 7) is 8.00. The Kier molecular flexibility index (Phi) is 10.4. The van der Waals surface area contributed by atoms with Crippen LogP contribution < -0.4 is 5.32 Å². The van der Waals surface area contributed by atoms with E-state index in [0.29, 0.717) is 6.54 Å². The van der Waals surface area contributed by atoms with E-state index in [1.807, 2.05) is 24.3 Å². The van der Waals surface area contributed by atoms with Gasteiger partial charge in [0, 0.05) is 64.7 Å². The Morgan fingerprint density at radius 1 is 0.756 bits per heavy atom. The number of carbonyl (C=O) groups is 1. The molecule has 4 aromatic carbocycles. The van der Waals surface area contributed by atoms with Gasteiger partial charge in [0.2, 0.25) is 5.91 Å². The number of piperazine rings is 1. The molecule has 7 nitrogen and oxygen atoms in total. The van der Waals surface area contributed by atoms with Crippen LogP contribution in [0.15, 0.2) is 103 Å². The second-order valence-electron chi connectivity index (χ2n) is 12.1. The standard InChI is InChI=1S/C38H43N3O4/c1-28(43)39-24-31-9-5-10-33(21-31)34-11-6-12-35(22-34)38-44-36(23-37(45-38)32-15-13-30(27-42)14-16-32)26-41-19-17-40(18-20-41)25-29-7-3-2-4-8-29/h2-16,21-22,36-38,42H,17-20,23-27H2,1H3,(H,39,43)/t36-,37+,38+/m0/s1. The lowest BCUT2D eigenvalue weighted by Crippen LogP contribution is -2.49. The van der Waals surface area contributed by atoms with Gasteiger partial charge in [0.15, 0.2) is 6.29 Å². The maximum absolute atomic E-state index is 11.4. The van der Waals surface area contributed by atoms with Crippen molar-refractivity contribution in [2.75, 3.05) is 32.7 Å². The molecule has 2 fully saturated rings. The minimum atomic E-state index is -0.506. The molecule has 0 bridgehead atoms. The zero-order valence-electron chi connectivity index (χ0n) is 26.0. The van der Waals surface area contributed by atoms with E-state index in [1.165, 1.54) is 12.5 Å². The third kappa shape index (κ3) is 8.45. The van der Waals surface area contributed by atoms with Gasteiger partial charge in [-0.15, -0.1) is 0 Å². The first kappa shape index (κ1) is 31.1. The van der Waals surface area contributed by atoms with Gasteiger partial charge in [-0.05, 0) is 45.5 Å². The minimum Gasteiger partial charge on any atom is -0.392 e. The summed E-state index contributed by atoms with van der Waals surface area (Å²) in [6, 6.07) is 35.4. The smallest absolute Gasteiger partial charge is 0.217 e. The molecule has 4 aromatic rings. The summed E-state index contributed by atoms with van der Waals surface area (Å²) < 4.78 is 13.4. The van der Waals surface area contributed by atoms with Crippen molar-refractivity contribution in [2.45, 2.75) is 51.5 Å². The van der Waals surface area contributed by atoms with Crippen molar-refractivity contribution in [3.63, 3.8) is 0 Å². The van der Waals surface area contributed by atoms with Gasteiger partial charge in [-0.3, -0.25) is 14.6 Å². The number of nitrogens with one attached hydrogen (secondary N) is 1. The third-order valence-corrected chi connectivity index (χ3v) is 8.75. The van der Waals surface area contributed by atoms with Gasteiger partial charge in [-0.2, -0.15) is 0 Å². The van der Waals surface area contributed by atoms with E-state index in [0.717, 1.165) is 79.1 Å². The van der Waals surface area contributed by atoms with Crippen LogP contribution in [0, 0.1) is 0 Å². The van der Waals surface area contributed by atoms with Gasteiger partial charge in [-0.1, -0.05) is 91.0 Å². The second kappa shape index (κ2) is 15.0. The highest BCUT2D eigenvalue weighted by Crippen LogP contribution is 2.39. The van der Waals surface area contributed by atoms with Crippen LogP contribution in [0.25, 0.3) is 11.1 Å². The molecule has 0 saturated carbocycles. The largest absolute Gasteiger partial charge is 0.392 e. The molecule has 0 aliphatic carbocycles. The van der Waals surface area contributed by atoms with Crippen LogP contribution in [-0.4, -0.2) is 59.6 Å². The highest BCUT2D eigenvalue weighted by Gasteiger charge is 2.34. The summed E-state index contributed by atoms with van der Waals surface area (Å²) in [7, 11) is 0. The zero-order chi connectivity index (χ0) is 31.0. The van der Waals surface area contributed by atoms with Crippen molar-refractivity contribution in [2.24, 2.45) is 0 Å². The maximum Gasteiger partial charge on any atom is 0.217 e. The van der Waals surface area contributed by atoms with Crippen LogP contribution in [-0.2, 0) is 34.0 Å². The van der Waals surface area contributed by atoms with Gasteiger partial charge < -0.3 is 19.9 Å². The lowest BCUT2D eigenvalue weighted by Gasteiger charge is -2.41. The van der Waals surface area contributed by atoms with Gasteiger partial charge in [0.1, 0.15) is 0 Å². The predicted molar refractivity (Wildman–Crippen MR) is 176 cm³/mol. The Balaban J connectivity index is 1.17. The van der Waals surface area contributed by atoms with Crippen molar-refractivity contribution in [3.05, 3.63) is 131 Å². The lowest BCUT2D eigenvalue weighted by atomic mass is 9.98. The fraction of sp³-hybridized carbons (Fsp3) is 0.342. The molecule has 45 heavy (non-hydrogen) atoms. The summed E-state index contributed by atoms with van der Waals surface area (Å²) in [6.07, 6.45) is 0.152. The van der Waals surface area contributed by atoms with E-state index in [9.17, 15) is 9.90 Å². The summed E-state index contributed by atoms with van der Waals surface area (Å²) in [5.74, 6) is -0.0434. The average Bonchev–Trinajstić information content (AvgIpc) is 3.09. The summed E-state index contributed by atoms with van der Waals surface area (Å²) in [5.41, 5.74) is 7.53. The fourth-order valence-electron chi connectivity index (χ4n) is 6.24. The summed E-state index contributed by atoms with van der Waals surface area (Å²) in [4.78, 5) is 16.5. The normalized spacial score (nSPS) is 21.0. The second-order valence-corrected chi connectivity index (χ2v) is 12.1. The van der Waals surface area contributed by atoms with Crippen molar-refractivity contribution in [1.29, 1.82) is 0 Å². The van der Waals surface area contributed by atoms with E-state index >= 15 is 0 Å². The molecule has 0 spiro atoms. The SMILES string of the molecule is CC(=O)NCc1cccc(-c2cccc([C@@H]3O[C@H](CN4CCN(Cc5ccccc5)CC4)C[C@H](c4ccc(CO)cc4)O3)c2)c1. The Labute approximate surface area is 266 Å². The number of rotatable bonds is 10. The molecule has 7 heteroatoms. The van der Waals surface area contributed by atoms with E-state index < -0.39 is 6.29 Å². The molecule has 2 N–H and O–H groups in total. The molecule has 2 aliphatic rings. The van der Waals surface area contributed by atoms with Crippen LogP contribution in [0.1, 0.15) is 53.6 Å². The van der Waals surface area contributed by atoms with Gasteiger partial charge in [0.25, 0.3) is 0 Å². The number of hydrogen-bond donors (Lipinski definition) is 2. The molecule has 0 unspecified atom stereocenters. The zero-order valence-corrected chi connectivity index (χ0v) is 26.0. The number of hydrogen-bond acceptors (Lipinski definition) is 6. The molecular formula is C38H43N3O4. The average molecular weight is 606 g/mol. The van der Waals surface area contributed by atoms with Gasteiger partial charge >= 0.3 is 0 Å². The van der Waals surface area contributed by atoms with Crippen LogP contribution in [0.3, 0.4) is 0 Å². The number of aliphatic hydroxyl groups excluding tert-OH is 1. The molecule has 6 rings (SSSR count). The lowest BCUT2D eigenvalue weighted by molar-refractivity contribution is -0.253. The molecule has 3 atom stereocenters. The monoisotopic (exact) mass is 605 g/mol. The number of benzene rings is 4. The van der Waals surface area contributed by atoms with E-state index in [4.69, 9.17) is 9.47 Å². The number of carbonyl (C=O) groups excluding carboxylic acids is 1. The van der Waals surface area contributed by atoms with Crippen molar-refractivity contribution in [1.82, 2.24) is 15.1 Å². The van der Waals surface area contributed by atoms with E-state index in [2.05, 4.69) is 94.0 Å². The van der Waals surface area contributed by atoms with Crippen LogP contribution in [0.2, 0.25) is 0 Å². The molecule has 0 aromatic heterocycles. The number of nitrogens with zero attached hydrogens (tertiary/aromatic N) is 2. The van der Waals surface area contributed by atoms with Crippen LogP contribution in [0.5, 0.6) is 0 Å². The maximum atomic E-state index is 11.4. The van der Waals surface area contributed by atoms with Crippen molar-refractivity contribution >= 4 is 5.91 Å². The fourth-order valence-corrected chi connectivity index (χ4v) is 6.24. The molecule has 2 saturated heterocycles. The first-order valence-electron chi connectivity index (χ1n) is 16.0. The van der Waals surface area contributed by atoms with Crippen LogP contribution in [0.4, 0.5) is 0 Å². The van der Waals surface area contributed by atoms with Gasteiger partial charge in [-0.25, -0.2) is 0 Å². The first-order chi connectivity index (χ1) is 22.0. The molecule has 234 valence electrons. The van der Waals surface area contributed by atoms with Crippen molar-refractivity contribution in [3.8, 4) is 11.1 Å². The molecule has 1 amide bonds. The highest BCUT2D eigenvalue weighted by atomic mass is 16.7. The minimum absolute atomic E-state index is 0.0107. The first-order valence-corrected chi connectivity index (χ1v) is 16.0. The number of ether oxygens (including phenoxy) is 2. The Hall–Kier alpha value is -3.85. The number of aliphatic hydroxyl groups is 1. The van der Waals surface area contributed by atoms with E-state index in [1.54, 1.807) is 0 Å².